The fourth-order valence-electron chi connectivity index (χ4n) is 2.18. The average molecular weight is 309 g/mol. The molecule has 0 radical (unpaired) electrons. The number of benzene rings is 2. The molecule has 0 amide bonds. The summed E-state index contributed by atoms with van der Waals surface area (Å²) in [6.45, 7) is 1.99. The van der Waals surface area contributed by atoms with Gasteiger partial charge in [0, 0.05) is 24.2 Å². The third kappa shape index (κ3) is 3.22. The molecule has 0 aliphatic heterocycles. The molecule has 0 heterocycles. The summed E-state index contributed by atoms with van der Waals surface area (Å²) >= 11 is 5.89. The fourth-order valence-corrected chi connectivity index (χ4v) is 2.30. The lowest BCUT2D eigenvalue weighted by atomic mass is 10.1. The minimum Gasteiger partial charge on any atom is -0.495 e. The molecule has 21 heavy (non-hydrogen) atoms. The minimum atomic E-state index is -0.378. The Morgan fingerprint density at radius 1 is 1.24 bits per heavy atom. The molecule has 0 fully saturated rings. The van der Waals surface area contributed by atoms with Crippen LogP contribution in [0, 0.1) is 5.82 Å². The lowest BCUT2D eigenvalue weighted by Gasteiger charge is -2.28. The van der Waals surface area contributed by atoms with Gasteiger partial charge in [-0.3, -0.25) is 0 Å². The van der Waals surface area contributed by atoms with Crippen molar-refractivity contribution < 1.29 is 9.13 Å². The van der Waals surface area contributed by atoms with Crippen LogP contribution in [0.5, 0.6) is 5.75 Å². The van der Waals surface area contributed by atoms with Crippen LogP contribution in [0.2, 0.25) is 5.02 Å². The quantitative estimate of drug-likeness (QED) is 0.857. The van der Waals surface area contributed by atoms with Gasteiger partial charge in [-0.25, -0.2) is 4.39 Å². The molecule has 0 aromatic heterocycles. The number of anilines is 2. The Balaban J connectivity index is 2.34. The van der Waals surface area contributed by atoms with E-state index < -0.39 is 0 Å². The second kappa shape index (κ2) is 6.22. The normalized spacial score (nSPS) is 12.0. The smallest absolute Gasteiger partial charge is 0.148 e. The van der Waals surface area contributed by atoms with Gasteiger partial charge in [-0.1, -0.05) is 23.7 Å². The largest absolute Gasteiger partial charge is 0.495 e. The highest BCUT2D eigenvalue weighted by molar-refractivity contribution is 6.30. The Labute approximate surface area is 129 Å². The topological polar surface area (TPSA) is 38.5 Å². The van der Waals surface area contributed by atoms with E-state index in [4.69, 9.17) is 22.1 Å². The maximum atomic E-state index is 14.2. The van der Waals surface area contributed by atoms with E-state index in [9.17, 15) is 4.39 Å². The van der Waals surface area contributed by atoms with Gasteiger partial charge in [0.15, 0.2) is 0 Å². The fraction of sp³-hybridized carbons (Fsp3) is 0.250. The molecule has 2 rings (SSSR count). The highest BCUT2D eigenvalue weighted by Crippen LogP contribution is 2.34. The van der Waals surface area contributed by atoms with E-state index in [1.54, 1.807) is 6.07 Å². The number of nitrogens with two attached hydrogens (primary N) is 1. The maximum Gasteiger partial charge on any atom is 0.148 e. The zero-order valence-corrected chi connectivity index (χ0v) is 13.0. The molecule has 2 aromatic carbocycles. The summed E-state index contributed by atoms with van der Waals surface area (Å²) in [7, 11) is 3.34. The van der Waals surface area contributed by atoms with Crippen molar-refractivity contribution in [2.75, 3.05) is 24.8 Å². The Hall–Kier alpha value is -1.94. The van der Waals surface area contributed by atoms with Crippen molar-refractivity contribution in [2.24, 2.45) is 0 Å². The lowest BCUT2D eigenvalue weighted by molar-refractivity contribution is 0.416. The van der Waals surface area contributed by atoms with Crippen molar-refractivity contribution in [3.8, 4) is 5.75 Å². The monoisotopic (exact) mass is 308 g/mol. The first-order chi connectivity index (χ1) is 9.93. The molecule has 0 bridgehead atoms. The highest BCUT2D eigenvalue weighted by atomic mass is 35.5. The molecule has 0 spiro atoms. The Morgan fingerprint density at radius 3 is 2.43 bits per heavy atom. The summed E-state index contributed by atoms with van der Waals surface area (Å²) in [5.41, 5.74) is 7.46. The van der Waals surface area contributed by atoms with E-state index in [0.717, 1.165) is 5.56 Å². The second-order valence-electron chi connectivity index (χ2n) is 4.88. The number of ether oxygens (including phenoxy) is 1. The van der Waals surface area contributed by atoms with Gasteiger partial charge >= 0.3 is 0 Å². The van der Waals surface area contributed by atoms with Crippen molar-refractivity contribution in [3.05, 3.63) is 52.8 Å². The van der Waals surface area contributed by atoms with Crippen molar-refractivity contribution in [1.82, 2.24) is 0 Å². The van der Waals surface area contributed by atoms with Crippen LogP contribution in [0.1, 0.15) is 18.5 Å². The number of rotatable bonds is 4. The molecule has 0 aliphatic rings. The van der Waals surface area contributed by atoms with E-state index in [0.29, 0.717) is 16.5 Å². The Kier molecular flexibility index (Phi) is 4.58. The number of methoxy groups -OCH3 is 1. The summed E-state index contributed by atoms with van der Waals surface area (Å²) in [5, 5.41) is 0.675. The summed E-state index contributed by atoms with van der Waals surface area (Å²) in [4.78, 5) is 1.83. The molecule has 3 nitrogen and oxygen atoms in total. The van der Waals surface area contributed by atoms with Crippen molar-refractivity contribution >= 4 is 23.0 Å². The van der Waals surface area contributed by atoms with Gasteiger partial charge in [0.25, 0.3) is 0 Å². The summed E-state index contributed by atoms with van der Waals surface area (Å²) in [6.07, 6.45) is 0. The van der Waals surface area contributed by atoms with Crippen LogP contribution < -0.4 is 15.4 Å². The van der Waals surface area contributed by atoms with Crippen molar-refractivity contribution in [3.63, 3.8) is 0 Å². The van der Waals surface area contributed by atoms with Crippen LogP contribution in [0.3, 0.4) is 0 Å². The second-order valence-corrected chi connectivity index (χ2v) is 5.32. The average Bonchev–Trinajstić information content (AvgIpc) is 2.47. The number of hydrogen-bond donors (Lipinski definition) is 1. The van der Waals surface area contributed by atoms with Crippen LogP contribution in [-0.2, 0) is 0 Å². The van der Waals surface area contributed by atoms with E-state index in [2.05, 4.69) is 0 Å². The third-order valence-electron chi connectivity index (χ3n) is 3.61. The van der Waals surface area contributed by atoms with Gasteiger partial charge in [0.05, 0.1) is 24.5 Å². The SMILES string of the molecule is COc1cc(N(C)C(C)c2ccc(Cl)cc2)c(F)cc1N. The molecule has 0 aliphatic carbocycles. The van der Waals surface area contributed by atoms with Gasteiger partial charge in [-0.05, 0) is 24.6 Å². The van der Waals surface area contributed by atoms with E-state index in [1.165, 1.54) is 13.2 Å². The molecule has 2 aromatic rings. The first-order valence-corrected chi connectivity index (χ1v) is 6.93. The predicted molar refractivity (Wildman–Crippen MR) is 85.6 cm³/mol. The maximum absolute atomic E-state index is 14.2. The first kappa shape index (κ1) is 15.4. The van der Waals surface area contributed by atoms with Gasteiger partial charge in [0.1, 0.15) is 11.6 Å². The van der Waals surface area contributed by atoms with E-state index in [1.807, 2.05) is 43.1 Å². The highest BCUT2D eigenvalue weighted by Gasteiger charge is 2.18. The molecule has 1 unspecified atom stereocenters. The van der Waals surface area contributed by atoms with Crippen LogP contribution in [0.4, 0.5) is 15.8 Å². The van der Waals surface area contributed by atoms with Crippen LogP contribution in [0.15, 0.2) is 36.4 Å². The van der Waals surface area contributed by atoms with Crippen LogP contribution in [0.25, 0.3) is 0 Å². The standard InChI is InChI=1S/C16H18ClFN2O/c1-10(11-4-6-12(17)7-5-11)20(2)15-9-16(21-3)14(19)8-13(15)18/h4-10H,19H2,1-3H3. The molecule has 5 heteroatoms. The summed E-state index contributed by atoms with van der Waals surface area (Å²) in [5.74, 6) is 0.0816. The summed E-state index contributed by atoms with van der Waals surface area (Å²) < 4.78 is 19.3. The molecule has 1 atom stereocenters. The molecule has 0 saturated heterocycles. The van der Waals surface area contributed by atoms with Crippen LogP contribution in [-0.4, -0.2) is 14.2 Å². The van der Waals surface area contributed by atoms with Crippen molar-refractivity contribution in [1.29, 1.82) is 0 Å². The molecule has 112 valence electrons. The zero-order chi connectivity index (χ0) is 15.6. The number of halogens is 2. The lowest BCUT2D eigenvalue weighted by Crippen LogP contribution is -2.22. The van der Waals surface area contributed by atoms with Gasteiger partial charge in [0.2, 0.25) is 0 Å². The summed E-state index contributed by atoms with van der Waals surface area (Å²) in [6, 6.07) is 10.4. The third-order valence-corrected chi connectivity index (χ3v) is 3.86. The van der Waals surface area contributed by atoms with Gasteiger partial charge < -0.3 is 15.4 Å². The Morgan fingerprint density at radius 2 is 1.86 bits per heavy atom. The molecule has 0 saturated carbocycles. The molecule has 2 N–H and O–H groups in total. The minimum absolute atomic E-state index is 0.0231. The molecular weight excluding hydrogens is 291 g/mol. The van der Waals surface area contributed by atoms with Crippen LogP contribution >= 0.6 is 11.6 Å². The predicted octanol–water partition coefficient (Wildman–Crippen LogP) is 4.27. The number of nitrogen functional groups attached to an aromatic ring is 1. The van der Waals surface area contributed by atoms with Gasteiger partial charge in [-0.15, -0.1) is 0 Å². The first-order valence-electron chi connectivity index (χ1n) is 6.55. The number of nitrogens with zero attached hydrogens (tertiary/aromatic N) is 1. The van der Waals surface area contributed by atoms with E-state index in [-0.39, 0.29) is 17.5 Å². The Bertz CT molecular complexity index is 631. The van der Waals surface area contributed by atoms with Crippen molar-refractivity contribution in [2.45, 2.75) is 13.0 Å². The zero-order valence-electron chi connectivity index (χ0n) is 12.2. The van der Waals surface area contributed by atoms with E-state index >= 15 is 0 Å². The number of hydrogen-bond acceptors (Lipinski definition) is 3. The molecular formula is C16H18ClFN2O. The van der Waals surface area contributed by atoms with Gasteiger partial charge in [-0.2, -0.15) is 0 Å².